The Labute approximate surface area is 166 Å². The van der Waals surface area contributed by atoms with Gasteiger partial charge in [-0.05, 0) is 43.3 Å². The van der Waals surface area contributed by atoms with E-state index in [2.05, 4.69) is 6.07 Å². The number of anilines is 1. The lowest BCUT2D eigenvalue weighted by Crippen LogP contribution is -2.27. The van der Waals surface area contributed by atoms with Crippen molar-refractivity contribution < 1.29 is 9.59 Å². The summed E-state index contributed by atoms with van der Waals surface area (Å²) in [6, 6.07) is 15.0. The van der Waals surface area contributed by atoms with Crippen molar-refractivity contribution in [3.8, 4) is 0 Å². The Bertz CT molecular complexity index is 1130. The fraction of sp³-hybridized carbons (Fsp3) is 0.0952. The van der Waals surface area contributed by atoms with Crippen LogP contribution in [0.2, 0.25) is 0 Å². The normalized spacial score (nSPS) is 15.9. The topological polar surface area (TPSA) is 42.3 Å². The molecule has 0 radical (unpaired) electrons. The number of hydrogen-bond donors (Lipinski definition) is 0. The number of carbonyl (C=O) groups is 2. The van der Waals surface area contributed by atoms with Crippen molar-refractivity contribution in [1.82, 2.24) is 4.57 Å². The molecule has 4 rings (SSSR count). The minimum absolute atomic E-state index is 0.0113. The number of amides is 1. The van der Waals surface area contributed by atoms with Gasteiger partial charge >= 0.3 is 0 Å². The maximum Gasteiger partial charge on any atom is 0.270 e. The molecule has 1 amide bonds. The van der Waals surface area contributed by atoms with Gasteiger partial charge in [0.1, 0.15) is 0 Å². The van der Waals surface area contributed by atoms with Crippen molar-refractivity contribution in [2.24, 2.45) is 7.05 Å². The van der Waals surface area contributed by atoms with Gasteiger partial charge in [-0.2, -0.15) is 0 Å². The van der Waals surface area contributed by atoms with Crippen LogP contribution in [0.1, 0.15) is 22.8 Å². The Morgan fingerprint density at radius 3 is 2.52 bits per heavy atom. The summed E-state index contributed by atoms with van der Waals surface area (Å²) in [6.07, 6.45) is 3.91. The zero-order valence-corrected chi connectivity index (χ0v) is 16.4. The number of thiocarbonyl (C=S) groups is 1. The molecule has 1 aliphatic rings. The van der Waals surface area contributed by atoms with Crippen molar-refractivity contribution in [3.63, 3.8) is 0 Å². The average Bonchev–Trinajstić information content (AvgIpc) is 3.12. The van der Waals surface area contributed by atoms with E-state index in [1.165, 1.54) is 23.6 Å². The van der Waals surface area contributed by atoms with Gasteiger partial charge in [0.15, 0.2) is 10.1 Å². The first-order valence-corrected chi connectivity index (χ1v) is 9.61. The molecule has 0 unspecified atom stereocenters. The van der Waals surface area contributed by atoms with E-state index >= 15 is 0 Å². The summed E-state index contributed by atoms with van der Waals surface area (Å²) in [6.45, 7) is 1.52. The summed E-state index contributed by atoms with van der Waals surface area (Å²) in [5.74, 6) is -0.156. The maximum atomic E-state index is 13.0. The summed E-state index contributed by atoms with van der Waals surface area (Å²) in [7, 11) is 1.99. The maximum absolute atomic E-state index is 13.0. The molecular weight excluding hydrogens is 376 g/mol. The number of thioether (sulfide) groups is 1. The van der Waals surface area contributed by atoms with E-state index in [-0.39, 0.29) is 11.7 Å². The SMILES string of the molecule is CC(=O)c1ccc(N2C(=O)/C(=C/c3cn(C)c4ccccc34)SC2=S)cc1. The van der Waals surface area contributed by atoms with Gasteiger partial charge in [0.25, 0.3) is 5.91 Å². The van der Waals surface area contributed by atoms with Crippen LogP contribution >= 0.6 is 24.0 Å². The molecular formula is C21H16N2O2S2. The van der Waals surface area contributed by atoms with Crippen LogP contribution < -0.4 is 4.90 Å². The minimum atomic E-state index is -0.145. The molecule has 4 nitrogen and oxygen atoms in total. The molecule has 2 heterocycles. The van der Waals surface area contributed by atoms with Crippen LogP contribution in [0, 0.1) is 0 Å². The molecule has 0 spiro atoms. The van der Waals surface area contributed by atoms with E-state index in [0.717, 1.165) is 16.5 Å². The largest absolute Gasteiger partial charge is 0.350 e. The first-order chi connectivity index (χ1) is 13.0. The second-order valence-corrected chi connectivity index (χ2v) is 8.01. The smallest absolute Gasteiger partial charge is 0.270 e. The number of ketones is 1. The molecule has 0 saturated carbocycles. The zero-order chi connectivity index (χ0) is 19.1. The molecule has 1 aliphatic heterocycles. The molecule has 6 heteroatoms. The summed E-state index contributed by atoms with van der Waals surface area (Å²) >= 11 is 6.73. The molecule has 3 aromatic rings. The minimum Gasteiger partial charge on any atom is -0.350 e. The van der Waals surface area contributed by atoms with Crippen LogP contribution in [0.25, 0.3) is 17.0 Å². The molecule has 2 aromatic carbocycles. The number of hydrogen-bond acceptors (Lipinski definition) is 4. The molecule has 27 heavy (non-hydrogen) atoms. The van der Waals surface area contributed by atoms with Crippen molar-refractivity contribution in [2.75, 3.05) is 4.90 Å². The van der Waals surface area contributed by atoms with E-state index in [1.807, 2.05) is 42.1 Å². The molecule has 0 aliphatic carbocycles. The fourth-order valence-electron chi connectivity index (χ4n) is 3.16. The lowest BCUT2D eigenvalue weighted by atomic mass is 10.1. The van der Waals surface area contributed by atoms with Gasteiger partial charge in [0.05, 0.1) is 10.6 Å². The van der Waals surface area contributed by atoms with Gasteiger partial charge in [0, 0.05) is 35.3 Å². The van der Waals surface area contributed by atoms with E-state index in [9.17, 15) is 9.59 Å². The monoisotopic (exact) mass is 392 g/mol. The predicted octanol–water partition coefficient (Wildman–Crippen LogP) is 4.79. The summed E-state index contributed by atoms with van der Waals surface area (Å²) in [5.41, 5.74) is 3.37. The Morgan fingerprint density at radius 2 is 1.81 bits per heavy atom. The van der Waals surface area contributed by atoms with Crippen LogP contribution in [0.4, 0.5) is 5.69 Å². The standard InChI is InChI=1S/C21H16N2O2S2/c1-13(24)14-7-9-16(10-8-14)23-20(25)19(27-21(23)26)11-15-12-22(2)18-6-4-3-5-17(15)18/h3-12H,1-2H3/b19-11-. The van der Waals surface area contributed by atoms with E-state index in [0.29, 0.717) is 20.5 Å². The second kappa shape index (κ2) is 6.79. The average molecular weight is 393 g/mol. The molecule has 1 saturated heterocycles. The number of carbonyl (C=O) groups excluding carboxylic acids is 2. The van der Waals surface area contributed by atoms with Gasteiger partial charge in [-0.1, -0.05) is 42.2 Å². The van der Waals surface area contributed by atoms with Gasteiger partial charge in [-0.15, -0.1) is 0 Å². The number of fused-ring (bicyclic) bond motifs is 1. The van der Waals surface area contributed by atoms with Crippen LogP contribution in [-0.2, 0) is 11.8 Å². The molecule has 0 bridgehead atoms. The summed E-state index contributed by atoms with van der Waals surface area (Å²) in [5, 5.41) is 1.09. The van der Waals surface area contributed by atoms with Crippen LogP contribution in [-0.4, -0.2) is 20.6 Å². The third kappa shape index (κ3) is 3.11. The number of rotatable bonds is 3. The molecule has 134 valence electrons. The summed E-state index contributed by atoms with van der Waals surface area (Å²) < 4.78 is 2.53. The summed E-state index contributed by atoms with van der Waals surface area (Å²) in [4.78, 5) is 26.5. The quantitative estimate of drug-likeness (QED) is 0.365. The highest BCUT2D eigenvalue weighted by molar-refractivity contribution is 8.27. The van der Waals surface area contributed by atoms with Gasteiger partial charge in [-0.3, -0.25) is 14.5 Å². The van der Waals surface area contributed by atoms with Crippen LogP contribution in [0.3, 0.4) is 0 Å². The van der Waals surface area contributed by atoms with E-state index in [4.69, 9.17) is 12.2 Å². The Morgan fingerprint density at radius 1 is 1.11 bits per heavy atom. The number of Topliss-reactive ketones (excluding diaryl/α,β-unsaturated/α-hetero) is 1. The van der Waals surface area contributed by atoms with Gasteiger partial charge in [-0.25, -0.2) is 0 Å². The number of aromatic nitrogens is 1. The first-order valence-electron chi connectivity index (χ1n) is 8.39. The van der Waals surface area contributed by atoms with Crippen LogP contribution in [0.15, 0.2) is 59.6 Å². The highest BCUT2D eigenvalue weighted by Crippen LogP contribution is 2.37. The number of aryl methyl sites for hydroxylation is 1. The predicted molar refractivity (Wildman–Crippen MR) is 115 cm³/mol. The third-order valence-electron chi connectivity index (χ3n) is 4.54. The van der Waals surface area contributed by atoms with Crippen molar-refractivity contribution in [2.45, 2.75) is 6.92 Å². The number of benzene rings is 2. The van der Waals surface area contributed by atoms with Crippen molar-refractivity contribution in [1.29, 1.82) is 0 Å². The molecule has 1 aromatic heterocycles. The lowest BCUT2D eigenvalue weighted by Gasteiger charge is -2.14. The first kappa shape index (κ1) is 17.7. The van der Waals surface area contributed by atoms with E-state index in [1.54, 1.807) is 24.3 Å². The highest BCUT2D eigenvalue weighted by atomic mass is 32.2. The Hall–Kier alpha value is -2.70. The lowest BCUT2D eigenvalue weighted by molar-refractivity contribution is -0.113. The Balaban J connectivity index is 1.70. The molecule has 0 atom stereocenters. The van der Waals surface area contributed by atoms with Gasteiger partial charge < -0.3 is 4.57 Å². The molecule has 0 N–H and O–H groups in total. The zero-order valence-electron chi connectivity index (χ0n) is 14.8. The molecule has 1 fully saturated rings. The van der Waals surface area contributed by atoms with Crippen molar-refractivity contribution in [3.05, 3.63) is 70.8 Å². The second-order valence-electron chi connectivity index (χ2n) is 6.33. The van der Waals surface area contributed by atoms with Gasteiger partial charge in [0.2, 0.25) is 0 Å². The van der Waals surface area contributed by atoms with E-state index < -0.39 is 0 Å². The number of para-hydroxylation sites is 1. The highest BCUT2D eigenvalue weighted by Gasteiger charge is 2.33. The third-order valence-corrected chi connectivity index (χ3v) is 5.84. The van der Waals surface area contributed by atoms with Crippen LogP contribution in [0.5, 0.6) is 0 Å². The number of nitrogens with zero attached hydrogens (tertiary/aromatic N) is 2. The fourth-order valence-corrected chi connectivity index (χ4v) is 4.45. The Kier molecular flexibility index (Phi) is 4.45. The van der Waals surface area contributed by atoms with Crippen molar-refractivity contribution >= 4 is 62.7 Å².